The van der Waals surface area contributed by atoms with E-state index >= 15 is 0 Å². The molecule has 4 nitrogen and oxygen atoms in total. The van der Waals surface area contributed by atoms with Gasteiger partial charge in [-0.3, -0.25) is 0 Å². The summed E-state index contributed by atoms with van der Waals surface area (Å²) >= 11 is 0. The van der Waals surface area contributed by atoms with Crippen molar-refractivity contribution in [2.45, 2.75) is 33.1 Å². The zero-order valence-electron chi connectivity index (χ0n) is 14.4. The molecule has 24 heavy (non-hydrogen) atoms. The van der Waals surface area contributed by atoms with E-state index in [1.54, 1.807) is 0 Å². The first kappa shape index (κ1) is 16.2. The lowest BCUT2D eigenvalue weighted by Gasteiger charge is -2.26. The zero-order valence-corrected chi connectivity index (χ0v) is 14.4. The van der Waals surface area contributed by atoms with E-state index in [2.05, 4.69) is 65.5 Å². The SMILES string of the molecule is CCCCC=C(N(CC)c1ccccc1)n1nnc2ccccc21. The van der Waals surface area contributed by atoms with E-state index < -0.39 is 0 Å². The van der Waals surface area contributed by atoms with E-state index in [9.17, 15) is 0 Å². The molecule has 0 saturated carbocycles. The first-order chi connectivity index (χ1) is 11.8. The van der Waals surface area contributed by atoms with Crippen LogP contribution in [0.3, 0.4) is 0 Å². The highest BCUT2D eigenvalue weighted by Crippen LogP contribution is 2.25. The molecule has 0 spiro atoms. The molecule has 0 unspecified atom stereocenters. The molecule has 124 valence electrons. The summed E-state index contributed by atoms with van der Waals surface area (Å²) in [5.74, 6) is 1.07. The number of anilines is 1. The number of nitrogens with zero attached hydrogens (tertiary/aromatic N) is 4. The van der Waals surface area contributed by atoms with Gasteiger partial charge in [0.15, 0.2) is 0 Å². The normalized spacial score (nSPS) is 11.8. The highest BCUT2D eigenvalue weighted by atomic mass is 15.5. The van der Waals surface area contributed by atoms with E-state index in [-0.39, 0.29) is 0 Å². The van der Waals surface area contributed by atoms with E-state index in [0.717, 1.165) is 29.8 Å². The fourth-order valence-corrected chi connectivity index (χ4v) is 2.87. The summed E-state index contributed by atoms with van der Waals surface area (Å²) < 4.78 is 1.96. The largest absolute Gasteiger partial charge is 0.327 e. The smallest absolute Gasteiger partial charge is 0.132 e. The Kier molecular flexibility index (Phi) is 5.26. The monoisotopic (exact) mass is 320 g/mol. The number of hydrogen-bond acceptors (Lipinski definition) is 3. The molecule has 1 aromatic heterocycles. The molecule has 0 bridgehead atoms. The Hall–Kier alpha value is -2.62. The minimum atomic E-state index is 0.871. The van der Waals surface area contributed by atoms with Gasteiger partial charge in [0.05, 0.1) is 5.52 Å². The van der Waals surface area contributed by atoms with E-state index in [4.69, 9.17) is 0 Å². The van der Waals surface area contributed by atoms with Crippen LogP contribution in [0.5, 0.6) is 0 Å². The molecule has 2 aromatic carbocycles. The van der Waals surface area contributed by atoms with E-state index in [1.807, 2.05) is 28.9 Å². The highest BCUT2D eigenvalue weighted by molar-refractivity contribution is 5.80. The second kappa shape index (κ2) is 7.77. The van der Waals surface area contributed by atoms with Crippen LogP contribution < -0.4 is 4.90 Å². The van der Waals surface area contributed by atoms with Gasteiger partial charge < -0.3 is 4.90 Å². The molecule has 0 aliphatic carbocycles. The summed E-state index contributed by atoms with van der Waals surface area (Å²) in [6.07, 6.45) is 5.66. The summed E-state index contributed by atoms with van der Waals surface area (Å²) in [5.41, 5.74) is 3.12. The standard InChI is InChI=1S/C20H24N4/c1-3-5-7-16-20(23(4-2)17-12-8-6-9-13-17)24-19-15-11-10-14-18(19)21-22-24/h6,8-16H,3-5,7H2,1-2H3. The van der Waals surface area contributed by atoms with E-state index in [1.165, 1.54) is 18.5 Å². The summed E-state index contributed by atoms with van der Waals surface area (Å²) in [6.45, 7) is 5.25. The summed E-state index contributed by atoms with van der Waals surface area (Å²) in [7, 11) is 0. The lowest BCUT2D eigenvalue weighted by atomic mass is 10.2. The first-order valence-corrected chi connectivity index (χ1v) is 8.68. The molecule has 3 aromatic rings. The summed E-state index contributed by atoms with van der Waals surface area (Å²) in [4.78, 5) is 2.29. The van der Waals surface area contributed by atoms with Gasteiger partial charge in [0, 0.05) is 12.2 Å². The van der Waals surface area contributed by atoms with Crippen LogP contribution >= 0.6 is 0 Å². The van der Waals surface area contributed by atoms with Crippen molar-refractivity contribution in [1.82, 2.24) is 15.0 Å². The highest BCUT2D eigenvalue weighted by Gasteiger charge is 2.15. The Morgan fingerprint density at radius 2 is 1.79 bits per heavy atom. The molecule has 0 fully saturated rings. The van der Waals surface area contributed by atoms with Gasteiger partial charge in [-0.15, -0.1) is 5.10 Å². The summed E-state index contributed by atoms with van der Waals surface area (Å²) in [5, 5.41) is 8.75. The molecule has 3 rings (SSSR count). The van der Waals surface area contributed by atoms with Crippen molar-refractivity contribution < 1.29 is 0 Å². The van der Waals surface area contributed by atoms with Crippen LogP contribution in [0.25, 0.3) is 16.9 Å². The second-order valence-corrected chi connectivity index (χ2v) is 5.77. The van der Waals surface area contributed by atoms with Gasteiger partial charge in [-0.05, 0) is 50.1 Å². The molecule has 0 radical (unpaired) electrons. The van der Waals surface area contributed by atoms with Gasteiger partial charge in [0.25, 0.3) is 0 Å². The Morgan fingerprint density at radius 3 is 2.54 bits per heavy atom. The van der Waals surface area contributed by atoms with Gasteiger partial charge in [-0.2, -0.15) is 4.68 Å². The maximum atomic E-state index is 4.43. The minimum absolute atomic E-state index is 0.871. The van der Waals surface area contributed by atoms with Crippen LogP contribution in [0.2, 0.25) is 0 Å². The van der Waals surface area contributed by atoms with Crippen molar-refractivity contribution >= 4 is 22.5 Å². The average molecular weight is 320 g/mol. The quantitative estimate of drug-likeness (QED) is 0.578. The van der Waals surface area contributed by atoms with Crippen molar-refractivity contribution in [2.75, 3.05) is 11.4 Å². The third-order valence-electron chi connectivity index (χ3n) is 4.11. The lowest BCUT2D eigenvalue weighted by Crippen LogP contribution is -2.25. The van der Waals surface area contributed by atoms with Gasteiger partial charge in [-0.1, -0.05) is 48.9 Å². The Morgan fingerprint density at radius 1 is 1.04 bits per heavy atom. The summed E-state index contributed by atoms with van der Waals surface area (Å²) in [6, 6.07) is 18.6. The molecular weight excluding hydrogens is 296 g/mol. The number of para-hydroxylation sites is 2. The van der Waals surface area contributed by atoms with Crippen LogP contribution in [0.4, 0.5) is 5.69 Å². The van der Waals surface area contributed by atoms with Gasteiger partial charge in [-0.25, -0.2) is 0 Å². The van der Waals surface area contributed by atoms with Gasteiger partial charge >= 0.3 is 0 Å². The molecular formula is C20H24N4. The topological polar surface area (TPSA) is 34.0 Å². The molecule has 0 atom stereocenters. The lowest BCUT2D eigenvalue weighted by molar-refractivity contribution is 0.777. The number of allylic oxidation sites excluding steroid dienone is 1. The third-order valence-corrected chi connectivity index (χ3v) is 4.11. The van der Waals surface area contributed by atoms with Crippen molar-refractivity contribution in [1.29, 1.82) is 0 Å². The number of aromatic nitrogens is 3. The second-order valence-electron chi connectivity index (χ2n) is 5.77. The van der Waals surface area contributed by atoms with Crippen molar-refractivity contribution in [2.24, 2.45) is 0 Å². The Bertz CT molecular complexity index is 805. The Balaban J connectivity index is 2.07. The minimum Gasteiger partial charge on any atom is -0.327 e. The molecule has 1 heterocycles. The fourth-order valence-electron chi connectivity index (χ4n) is 2.87. The molecule has 0 aliphatic rings. The maximum Gasteiger partial charge on any atom is 0.132 e. The van der Waals surface area contributed by atoms with Gasteiger partial charge in [0.1, 0.15) is 11.3 Å². The third kappa shape index (κ3) is 3.32. The van der Waals surface area contributed by atoms with E-state index in [0.29, 0.717) is 0 Å². The predicted octanol–water partition coefficient (Wildman–Crippen LogP) is 4.95. The van der Waals surface area contributed by atoms with Crippen LogP contribution in [0.1, 0.15) is 33.1 Å². The van der Waals surface area contributed by atoms with Crippen LogP contribution in [-0.4, -0.2) is 21.5 Å². The molecule has 0 saturated heterocycles. The van der Waals surface area contributed by atoms with Crippen molar-refractivity contribution in [3.05, 3.63) is 60.7 Å². The number of fused-ring (bicyclic) bond motifs is 1. The number of unbranched alkanes of at least 4 members (excludes halogenated alkanes) is 2. The Labute approximate surface area is 143 Å². The molecule has 0 amide bonds. The molecule has 0 aliphatic heterocycles. The molecule has 0 N–H and O–H groups in total. The maximum absolute atomic E-state index is 4.43. The number of rotatable bonds is 7. The van der Waals surface area contributed by atoms with Crippen molar-refractivity contribution in [3.8, 4) is 0 Å². The predicted molar refractivity (Wildman–Crippen MR) is 101 cm³/mol. The van der Waals surface area contributed by atoms with Crippen molar-refractivity contribution in [3.63, 3.8) is 0 Å². The average Bonchev–Trinajstić information content (AvgIpc) is 3.06. The fraction of sp³-hybridized carbons (Fsp3) is 0.300. The van der Waals surface area contributed by atoms with Crippen LogP contribution in [-0.2, 0) is 0 Å². The van der Waals surface area contributed by atoms with Gasteiger partial charge in [0.2, 0.25) is 0 Å². The van der Waals surface area contributed by atoms with Crippen LogP contribution in [0.15, 0.2) is 60.7 Å². The number of hydrogen-bond donors (Lipinski definition) is 0. The number of benzene rings is 2. The first-order valence-electron chi connectivity index (χ1n) is 8.68. The van der Waals surface area contributed by atoms with Crippen LogP contribution in [0, 0.1) is 0 Å². The molecule has 4 heteroatoms. The zero-order chi connectivity index (χ0) is 16.8.